The number of sulfone groups is 1. The lowest BCUT2D eigenvalue weighted by Crippen LogP contribution is -2.08. The maximum Gasteiger partial charge on any atom is 0.157 e. The van der Waals surface area contributed by atoms with Gasteiger partial charge in [0, 0.05) is 0 Å². The molecule has 0 rings (SSSR count). The molecule has 2 nitrogen and oxygen atoms in total. The van der Waals surface area contributed by atoms with Crippen molar-refractivity contribution in [2.24, 2.45) is 0 Å². The summed E-state index contributed by atoms with van der Waals surface area (Å²) in [6, 6.07) is 0. The van der Waals surface area contributed by atoms with Crippen LogP contribution in [0.1, 0.15) is 13.8 Å². The monoisotopic (exact) mass is 226 g/mol. The van der Waals surface area contributed by atoms with Crippen molar-refractivity contribution < 1.29 is 8.42 Å². The molecule has 84 valence electrons. The molecule has 0 aliphatic carbocycles. The summed E-state index contributed by atoms with van der Waals surface area (Å²) in [4.78, 5) is 0. The molecule has 0 saturated carbocycles. The van der Waals surface area contributed by atoms with Gasteiger partial charge in [-0.1, -0.05) is 48.6 Å². The molecule has 0 atom stereocenters. The molecule has 0 aliphatic rings. The van der Waals surface area contributed by atoms with Gasteiger partial charge in [-0.3, -0.25) is 0 Å². The molecule has 0 fully saturated rings. The maximum atomic E-state index is 11.5. The van der Waals surface area contributed by atoms with Crippen molar-refractivity contribution >= 4 is 9.84 Å². The largest absolute Gasteiger partial charge is 0.228 e. The van der Waals surface area contributed by atoms with Crippen LogP contribution in [0.5, 0.6) is 0 Å². The first-order valence-electron chi connectivity index (χ1n) is 4.70. The van der Waals surface area contributed by atoms with E-state index >= 15 is 0 Å². The van der Waals surface area contributed by atoms with Crippen LogP contribution in [0.3, 0.4) is 0 Å². The van der Waals surface area contributed by atoms with Gasteiger partial charge in [-0.05, 0) is 13.8 Å². The van der Waals surface area contributed by atoms with Crippen LogP contribution in [-0.4, -0.2) is 19.9 Å². The Morgan fingerprint density at radius 1 is 1.00 bits per heavy atom. The zero-order valence-corrected chi connectivity index (χ0v) is 10.2. The summed E-state index contributed by atoms with van der Waals surface area (Å²) >= 11 is 0. The van der Waals surface area contributed by atoms with E-state index in [9.17, 15) is 8.42 Å². The third-order valence-corrected chi connectivity index (χ3v) is 3.31. The minimum absolute atomic E-state index is 0.0613. The van der Waals surface area contributed by atoms with E-state index in [1.165, 1.54) is 0 Å². The van der Waals surface area contributed by atoms with Crippen LogP contribution < -0.4 is 0 Å². The Kier molecular flexibility index (Phi) is 5.94. The summed E-state index contributed by atoms with van der Waals surface area (Å²) in [6.45, 7) is 10.8. The van der Waals surface area contributed by atoms with Crippen LogP contribution in [0.2, 0.25) is 0 Å². The van der Waals surface area contributed by atoms with Crippen LogP contribution in [0, 0.1) is 0 Å². The van der Waals surface area contributed by atoms with E-state index in [1.54, 1.807) is 24.3 Å². The molecule has 0 aliphatic heterocycles. The lowest BCUT2D eigenvalue weighted by atomic mass is 10.3. The SMILES string of the molecule is C=CC(C)=CCS(=O)(=O)CC=C(C)C=C. The van der Waals surface area contributed by atoms with Crippen LogP contribution in [0.15, 0.2) is 48.6 Å². The van der Waals surface area contributed by atoms with Crippen molar-refractivity contribution in [2.75, 3.05) is 11.5 Å². The molecule has 0 aromatic heterocycles. The van der Waals surface area contributed by atoms with E-state index in [4.69, 9.17) is 0 Å². The van der Waals surface area contributed by atoms with E-state index < -0.39 is 9.84 Å². The Morgan fingerprint density at radius 2 is 1.33 bits per heavy atom. The fraction of sp³-hybridized carbons (Fsp3) is 0.333. The van der Waals surface area contributed by atoms with Gasteiger partial charge in [-0.2, -0.15) is 0 Å². The van der Waals surface area contributed by atoms with E-state index in [2.05, 4.69) is 13.2 Å². The lowest BCUT2D eigenvalue weighted by molar-refractivity contribution is 0.601. The summed E-state index contributed by atoms with van der Waals surface area (Å²) in [5.41, 5.74) is 1.76. The van der Waals surface area contributed by atoms with Gasteiger partial charge >= 0.3 is 0 Å². The predicted molar refractivity (Wildman–Crippen MR) is 66.6 cm³/mol. The first kappa shape index (κ1) is 13.9. The minimum atomic E-state index is -3.04. The molecule has 0 heterocycles. The molecular formula is C12H18O2S. The second-order valence-electron chi connectivity index (χ2n) is 3.38. The smallest absolute Gasteiger partial charge is 0.157 e. The number of rotatable bonds is 6. The molecule has 0 radical (unpaired) electrons. The standard InChI is InChI=1S/C12H18O2S/c1-5-11(3)7-9-15(13,14)10-8-12(4)6-2/h5-8H,1-2,9-10H2,3-4H3. The third kappa shape index (κ3) is 6.91. The molecule has 3 heteroatoms. The fourth-order valence-corrected chi connectivity index (χ4v) is 1.92. The van der Waals surface area contributed by atoms with E-state index in [1.807, 2.05) is 13.8 Å². The highest BCUT2D eigenvalue weighted by Gasteiger charge is 2.06. The third-order valence-electron chi connectivity index (χ3n) is 1.96. The van der Waals surface area contributed by atoms with Crippen molar-refractivity contribution in [3.05, 3.63) is 48.6 Å². The molecule has 0 saturated heterocycles. The lowest BCUT2D eigenvalue weighted by Gasteiger charge is -1.98. The Morgan fingerprint density at radius 3 is 1.60 bits per heavy atom. The van der Waals surface area contributed by atoms with Gasteiger partial charge in [-0.15, -0.1) is 0 Å². The summed E-state index contributed by atoms with van der Waals surface area (Å²) in [7, 11) is -3.04. The molecule has 0 unspecified atom stereocenters. The van der Waals surface area contributed by atoms with Crippen molar-refractivity contribution in [2.45, 2.75) is 13.8 Å². The highest BCUT2D eigenvalue weighted by molar-refractivity contribution is 7.91. The van der Waals surface area contributed by atoms with E-state index in [0.29, 0.717) is 0 Å². The molecule has 0 aromatic carbocycles. The topological polar surface area (TPSA) is 34.1 Å². The van der Waals surface area contributed by atoms with Crippen LogP contribution in [-0.2, 0) is 9.84 Å². The predicted octanol–water partition coefficient (Wildman–Crippen LogP) is 2.67. The zero-order chi connectivity index (χ0) is 11.9. The second kappa shape index (κ2) is 6.40. The van der Waals surface area contributed by atoms with Crippen molar-refractivity contribution in [1.29, 1.82) is 0 Å². The van der Waals surface area contributed by atoms with Crippen LogP contribution in [0.4, 0.5) is 0 Å². The number of allylic oxidation sites excluding steroid dienone is 4. The molecule has 0 aromatic rings. The van der Waals surface area contributed by atoms with E-state index in [-0.39, 0.29) is 11.5 Å². The number of hydrogen-bond acceptors (Lipinski definition) is 2. The zero-order valence-electron chi connectivity index (χ0n) is 9.36. The van der Waals surface area contributed by atoms with Gasteiger partial charge in [-0.25, -0.2) is 8.42 Å². The fourth-order valence-electron chi connectivity index (χ4n) is 0.752. The molecule has 0 spiro atoms. The first-order chi connectivity index (χ1) is 6.91. The highest BCUT2D eigenvalue weighted by Crippen LogP contribution is 2.00. The number of hydrogen-bond donors (Lipinski definition) is 0. The summed E-state index contributed by atoms with van der Waals surface area (Å²) < 4.78 is 23.0. The quantitative estimate of drug-likeness (QED) is 0.652. The van der Waals surface area contributed by atoms with Gasteiger partial charge < -0.3 is 0 Å². The van der Waals surface area contributed by atoms with Gasteiger partial charge in [0.1, 0.15) is 0 Å². The van der Waals surface area contributed by atoms with Crippen molar-refractivity contribution in [3.8, 4) is 0 Å². The van der Waals surface area contributed by atoms with Gasteiger partial charge in [0.05, 0.1) is 11.5 Å². The Bertz CT molecular complexity index is 352. The molecular weight excluding hydrogens is 208 g/mol. The second-order valence-corrected chi connectivity index (χ2v) is 5.54. The van der Waals surface area contributed by atoms with Gasteiger partial charge in [0.25, 0.3) is 0 Å². The minimum Gasteiger partial charge on any atom is -0.228 e. The molecule has 0 bridgehead atoms. The van der Waals surface area contributed by atoms with Crippen LogP contribution in [0.25, 0.3) is 0 Å². The highest BCUT2D eigenvalue weighted by atomic mass is 32.2. The average molecular weight is 226 g/mol. The van der Waals surface area contributed by atoms with E-state index in [0.717, 1.165) is 11.1 Å². The van der Waals surface area contributed by atoms with Crippen LogP contribution >= 0.6 is 0 Å². The average Bonchev–Trinajstić information content (AvgIpc) is 2.22. The van der Waals surface area contributed by atoms with Crippen molar-refractivity contribution in [1.82, 2.24) is 0 Å². The van der Waals surface area contributed by atoms with Gasteiger partial charge in [0.2, 0.25) is 0 Å². The van der Waals surface area contributed by atoms with Crippen molar-refractivity contribution in [3.63, 3.8) is 0 Å². The Balaban J connectivity index is 4.46. The van der Waals surface area contributed by atoms with Gasteiger partial charge in [0.15, 0.2) is 9.84 Å². The summed E-state index contributed by atoms with van der Waals surface area (Å²) in [5, 5.41) is 0. The maximum absolute atomic E-state index is 11.5. The first-order valence-corrected chi connectivity index (χ1v) is 6.52. The molecule has 0 amide bonds. The Labute approximate surface area is 92.6 Å². The summed E-state index contributed by atoms with van der Waals surface area (Å²) in [6.07, 6.45) is 6.61. The molecule has 0 N–H and O–H groups in total. The summed E-state index contributed by atoms with van der Waals surface area (Å²) in [5.74, 6) is 0.123. The molecule has 15 heavy (non-hydrogen) atoms. The normalized spacial score (nSPS) is 13.7. The Hall–Kier alpha value is -1.09.